The van der Waals surface area contributed by atoms with Crippen molar-refractivity contribution in [1.29, 1.82) is 0 Å². The van der Waals surface area contributed by atoms with Crippen LogP contribution in [-0.4, -0.2) is 38.5 Å². The highest BCUT2D eigenvalue weighted by Crippen LogP contribution is 2.25. The Hall–Kier alpha value is -3.21. The lowest BCUT2D eigenvalue weighted by atomic mass is 9.95. The van der Waals surface area contributed by atoms with Crippen molar-refractivity contribution in [1.82, 2.24) is 14.9 Å². The molecule has 0 saturated carbocycles. The Balaban J connectivity index is 1.50. The molecule has 3 heterocycles. The van der Waals surface area contributed by atoms with Crippen molar-refractivity contribution in [2.45, 2.75) is 38.1 Å². The number of rotatable bonds is 5. The average Bonchev–Trinajstić information content (AvgIpc) is 2.79. The van der Waals surface area contributed by atoms with Gasteiger partial charge in [0.1, 0.15) is 5.75 Å². The van der Waals surface area contributed by atoms with Crippen molar-refractivity contribution in [2.24, 2.45) is 0 Å². The molecule has 1 aliphatic rings. The Morgan fingerprint density at radius 3 is 2.79 bits per heavy atom. The predicted octanol–water partition coefficient (Wildman–Crippen LogP) is 4.48. The van der Waals surface area contributed by atoms with Crippen LogP contribution < -0.4 is 0 Å². The SMILES string of the molecule is O=C(c1cccc(-c2ccc(O)cn2)c1)N1CCCC[C@H]1CCc1ccccn1. The van der Waals surface area contributed by atoms with Crippen molar-refractivity contribution in [3.05, 3.63) is 78.2 Å². The van der Waals surface area contributed by atoms with Crippen LogP contribution in [0.15, 0.2) is 67.0 Å². The van der Waals surface area contributed by atoms with Gasteiger partial charge in [-0.25, -0.2) is 0 Å². The van der Waals surface area contributed by atoms with E-state index in [1.807, 2.05) is 53.6 Å². The number of nitrogens with zero attached hydrogens (tertiary/aromatic N) is 3. The van der Waals surface area contributed by atoms with E-state index in [1.54, 1.807) is 12.1 Å². The maximum Gasteiger partial charge on any atom is 0.254 e. The number of carbonyl (C=O) groups is 1. The predicted molar refractivity (Wildman–Crippen MR) is 113 cm³/mol. The molecule has 1 atom stereocenters. The minimum Gasteiger partial charge on any atom is -0.506 e. The number of hydrogen-bond donors (Lipinski definition) is 1. The first-order valence-electron chi connectivity index (χ1n) is 10.2. The van der Waals surface area contributed by atoms with Gasteiger partial charge in [0.05, 0.1) is 11.9 Å². The maximum absolute atomic E-state index is 13.3. The average molecular weight is 387 g/mol. The van der Waals surface area contributed by atoms with Crippen LogP contribution in [0.3, 0.4) is 0 Å². The lowest BCUT2D eigenvalue weighted by Crippen LogP contribution is -2.44. The molecule has 1 aliphatic heterocycles. The molecule has 0 aliphatic carbocycles. The highest BCUT2D eigenvalue weighted by molar-refractivity contribution is 5.95. The smallest absolute Gasteiger partial charge is 0.254 e. The van der Waals surface area contributed by atoms with E-state index in [-0.39, 0.29) is 17.7 Å². The van der Waals surface area contributed by atoms with Gasteiger partial charge in [-0.05, 0) is 68.5 Å². The Morgan fingerprint density at radius 1 is 1.07 bits per heavy atom. The number of aromatic nitrogens is 2. The van der Waals surface area contributed by atoms with E-state index < -0.39 is 0 Å². The van der Waals surface area contributed by atoms with Crippen molar-refractivity contribution in [2.75, 3.05) is 6.54 Å². The normalized spacial score (nSPS) is 16.6. The highest BCUT2D eigenvalue weighted by Gasteiger charge is 2.27. The van der Waals surface area contributed by atoms with Gasteiger partial charge >= 0.3 is 0 Å². The fraction of sp³-hybridized carbons (Fsp3) is 0.292. The summed E-state index contributed by atoms with van der Waals surface area (Å²) >= 11 is 0. The lowest BCUT2D eigenvalue weighted by Gasteiger charge is -2.36. The third-order valence-electron chi connectivity index (χ3n) is 5.50. The number of likely N-dealkylation sites (tertiary alicyclic amines) is 1. The van der Waals surface area contributed by atoms with Gasteiger partial charge in [-0.1, -0.05) is 18.2 Å². The van der Waals surface area contributed by atoms with Crippen molar-refractivity contribution in [3.63, 3.8) is 0 Å². The molecule has 1 saturated heterocycles. The summed E-state index contributed by atoms with van der Waals surface area (Å²) in [4.78, 5) is 24.0. The molecule has 3 aromatic rings. The van der Waals surface area contributed by atoms with Crippen LogP contribution in [0.2, 0.25) is 0 Å². The van der Waals surface area contributed by atoms with Crippen molar-refractivity contribution >= 4 is 5.91 Å². The molecule has 5 nitrogen and oxygen atoms in total. The van der Waals surface area contributed by atoms with E-state index in [4.69, 9.17) is 0 Å². The van der Waals surface area contributed by atoms with Crippen LogP contribution in [0.25, 0.3) is 11.3 Å². The third-order valence-corrected chi connectivity index (χ3v) is 5.50. The lowest BCUT2D eigenvalue weighted by molar-refractivity contribution is 0.0601. The zero-order chi connectivity index (χ0) is 20.1. The van der Waals surface area contributed by atoms with Gasteiger partial charge in [0.15, 0.2) is 0 Å². The van der Waals surface area contributed by atoms with Gasteiger partial charge in [-0.3, -0.25) is 14.8 Å². The highest BCUT2D eigenvalue weighted by atomic mass is 16.3. The second-order valence-electron chi connectivity index (χ2n) is 7.49. The van der Waals surface area contributed by atoms with Crippen LogP contribution in [0.5, 0.6) is 5.75 Å². The second-order valence-corrected chi connectivity index (χ2v) is 7.49. The summed E-state index contributed by atoms with van der Waals surface area (Å²) in [7, 11) is 0. The van der Waals surface area contributed by atoms with Crippen LogP contribution in [0.4, 0.5) is 0 Å². The number of piperidine rings is 1. The molecule has 0 bridgehead atoms. The molecule has 4 rings (SSSR count). The minimum atomic E-state index is 0.0800. The number of pyridine rings is 2. The van der Waals surface area contributed by atoms with E-state index in [9.17, 15) is 9.90 Å². The summed E-state index contributed by atoms with van der Waals surface area (Å²) in [5, 5.41) is 9.45. The van der Waals surface area contributed by atoms with E-state index in [0.717, 1.165) is 55.6 Å². The molecular weight excluding hydrogens is 362 g/mol. The quantitative estimate of drug-likeness (QED) is 0.701. The number of carbonyl (C=O) groups excluding carboxylic acids is 1. The van der Waals surface area contributed by atoms with Gasteiger partial charge in [-0.15, -0.1) is 0 Å². The summed E-state index contributed by atoms with van der Waals surface area (Å²) in [6, 6.07) is 17.2. The summed E-state index contributed by atoms with van der Waals surface area (Å²) in [5.41, 5.74) is 3.37. The minimum absolute atomic E-state index is 0.0800. The van der Waals surface area contributed by atoms with Gasteiger partial charge < -0.3 is 10.0 Å². The fourth-order valence-corrected chi connectivity index (χ4v) is 3.96. The number of aryl methyl sites for hydroxylation is 1. The molecule has 0 unspecified atom stereocenters. The molecule has 1 amide bonds. The maximum atomic E-state index is 13.3. The number of hydrogen-bond acceptors (Lipinski definition) is 4. The van der Waals surface area contributed by atoms with E-state index in [2.05, 4.69) is 9.97 Å². The van der Waals surface area contributed by atoms with Gasteiger partial charge in [0.25, 0.3) is 5.91 Å². The zero-order valence-electron chi connectivity index (χ0n) is 16.4. The topological polar surface area (TPSA) is 66.3 Å². The standard InChI is InChI=1S/C24H25N3O2/c28-22-12-13-23(26-17-22)18-6-5-7-19(16-18)24(29)27-15-4-2-9-21(27)11-10-20-8-1-3-14-25-20/h1,3,5-8,12-14,16-17,21,28H,2,4,9-11,15H2/t21-/m0/s1. The molecule has 29 heavy (non-hydrogen) atoms. The Labute approximate surface area is 171 Å². The molecule has 2 aromatic heterocycles. The number of benzene rings is 1. The summed E-state index contributed by atoms with van der Waals surface area (Å²) < 4.78 is 0. The van der Waals surface area contributed by atoms with Crippen LogP contribution >= 0.6 is 0 Å². The van der Waals surface area contributed by atoms with Crippen LogP contribution in [0.1, 0.15) is 41.7 Å². The third kappa shape index (κ3) is 4.62. The summed E-state index contributed by atoms with van der Waals surface area (Å²) in [5.74, 6) is 0.210. The van der Waals surface area contributed by atoms with Gasteiger partial charge in [0.2, 0.25) is 0 Å². The Bertz CT molecular complexity index is 957. The Kier molecular flexibility index (Phi) is 5.84. The molecule has 1 aromatic carbocycles. The largest absolute Gasteiger partial charge is 0.506 e. The second kappa shape index (κ2) is 8.86. The first-order chi connectivity index (χ1) is 14.2. The molecule has 0 radical (unpaired) electrons. The first-order valence-corrected chi connectivity index (χ1v) is 10.2. The molecule has 1 fully saturated rings. The molecule has 1 N–H and O–H groups in total. The van der Waals surface area contributed by atoms with Gasteiger partial charge in [0, 0.05) is 35.6 Å². The van der Waals surface area contributed by atoms with Crippen molar-refractivity contribution < 1.29 is 9.90 Å². The first kappa shape index (κ1) is 19.1. The summed E-state index contributed by atoms with van der Waals surface area (Å²) in [6.07, 6.45) is 8.30. The summed E-state index contributed by atoms with van der Waals surface area (Å²) in [6.45, 7) is 0.799. The van der Waals surface area contributed by atoms with Gasteiger partial charge in [-0.2, -0.15) is 0 Å². The van der Waals surface area contributed by atoms with Crippen LogP contribution in [0, 0.1) is 0 Å². The Morgan fingerprint density at radius 2 is 2.00 bits per heavy atom. The zero-order valence-corrected chi connectivity index (χ0v) is 16.4. The van der Waals surface area contributed by atoms with E-state index >= 15 is 0 Å². The fourth-order valence-electron chi connectivity index (χ4n) is 3.96. The molecular formula is C24H25N3O2. The van der Waals surface area contributed by atoms with E-state index in [0.29, 0.717) is 5.56 Å². The molecule has 0 spiro atoms. The number of amides is 1. The number of aromatic hydroxyl groups is 1. The molecule has 148 valence electrons. The molecule has 5 heteroatoms. The van der Waals surface area contributed by atoms with Crippen molar-refractivity contribution in [3.8, 4) is 17.0 Å². The van der Waals surface area contributed by atoms with Crippen LogP contribution in [-0.2, 0) is 6.42 Å². The monoisotopic (exact) mass is 387 g/mol. The van der Waals surface area contributed by atoms with E-state index in [1.165, 1.54) is 6.20 Å².